The van der Waals surface area contributed by atoms with Gasteiger partial charge >= 0.3 is 0 Å². The highest BCUT2D eigenvalue weighted by Gasteiger charge is 2.19. The zero-order valence-electron chi connectivity index (χ0n) is 25.3. The van der Waals surface area contributed by atoms with Gasteiger partial charge in [-0.3, -0.25) is 4.79 Å². The highest BCUT2D eigenvalue weighted by atomic mass is 35.5. The van der Waals surface area contributed by atoms with Gasteiger partial charge in [0, 0.05) is 25.2 Å². The van der Waals surface area contributed by atoms with Crippen LogP contribution in [0.15, 0.2) is 94.9 Å². The first kappa shape index (κ1) is 31.4. The number of halogens is 1. The van der Waals surface area contributed by atoms with Crippen LogP contribution in [0.3, 0.4) is 0 Å². The van der Waals surface area contributed by atoms with Crippen molar-refractivity contribution in [3.05, 3.63) is 118 Å². The smallest absolute Gasteiger partial charge is 0.263 e. The van der Waals surface area contributed by atoms with Crippen LogP contribution in [-0.4, -0.2) is 34.5 Å². The number of aromatic nitrogens is 3. The zero-order valence-corrected chi connectivity index (χ0v) is 26.9. The number of hydrogen-bond acceptors (Lipinski definition) is 7. The summed E-state index contributed by atoms with van der Waals surface area (Å²) in [6, 6.07) is 26.0. The molecular weight excluding hydrogens is 592 g/mol. The molecule has 2 heterocycles. The summed E-state index contributed by atoms with van der Waals surface area (Å²) in [7, 11) is 3.33. The van der Waals surface area contributed by atoms with Crippen molar-refractivity contribution in [2.24, 2.45) is 0 Å². The second kappa shape index (κ2) is 15.1. The van der Waals surface area contributed by atoms with Crippen LogP contribution >= 0.6 is 23.4 Å². The lowest BCUT2D eigenvalue weighted by atomic mass is 10.1. The number of alkyl halides is 1. The fourth-order valence-electron chi connectivity index (χ4n) is 4.85. The molecule has 0 unspecified atom stereocenters. The Labute approximate surface area is 267 Å². The Morgan fingerprint density at radius 2 is 1.36 bits per heavy atom. The molecule has 5 rings (SSSR count). The first-order valence-corrected chi connectivity index (χ1v) is 16.2. The number of nitrogens with zero attached hydrogens (tertiary/aromatic N) is 4. The molecule has 0 saturated carbocycles. The minimum atomic E-state index is -0.0914. The third kappa shape index (κ3) is 7.73. The van der Waals surface area contributed by atoms with Crippen LogP contribution in [0.4, 0.5) is 5.95 Å². The summed E-state index contributed by atoms with van der Waals surface area (Å²) in [5.41, 5.74) is 4.82. The van der Waals surface area contributed by atoms with Gasteiger partial charge in [0.05, 0.1) is 31.7 Å². The number of benzene rings is 3. The van der Waals surface area contributed by atoms with E-state index in [1.807, 2.05) is 60.8 Å². The van der Waals surface area contributed by atoms with Gasteiger partial charge in [-0.2, -0.15) is 0 Å². The van der Waals surface area contributed by atoms with E-state index in [-0.39, 0.29) is 5.56 Å². The van der Waals surface area contributed by atoms with Crippen LogP contribution in [0, 0.1) is 0 Å². The molecule has 44 heavy (non-hydrogen) atoms. The molecule has 0 bridgehead atoms. The van der Waals surface area contributed by atoms with Crippen LogP contribution < -0.4 is 19.9 Å². The number of pyridine rings is 1. The van der Waals surface area contributed by atoms with Gasteiger partial charge in [-0.05, 0) is 64.8 Å². The Kier molecular flexibility index (Phi) is 10.8. The normalized spacial score (nSPS) is 11.1. The Morgan fingerprint density at radius 1 is 0.795 bits per heavy atom. The maximum absolute atomic E-state index is 13.9. The minimum absolute atomic E-state index is 0.0914. The molecule has 5 aromatic rings. The van der Waals surface area contributed by atoms with E-state index in [0.29, 0.717) is 47.4 Å². The predicted molar refractivity (Wildman–Crippen MR) is 180 cm³/mol. The molecule has 228 valence electrons. The SMILES string of the molecule is CCCCSc1nc(N(Cc2ccc(OC)cc2)Cc2ccc(OC)cc2)nc2ccn(Cc3ccc(CCl)cc3)c(=O)c12. The molecule has 0 aliphatic rings. The molecule has 0 aliphatic carbocycles. The number of anilines is 1. The maximum Gasteiger partial charge on any atom is 0.263 e. The van der Waals surface area contributed by atoms with Gasteiger partial charge in [0.15, 0.2) is 0 Å². The van der Waals surface area contributed by atoms with Crippen molar-refractivity contribution in [3.8, 4) is 11.5 Å². The second-order valence-corrected chi connectivity index (χ2v) is 11.9. The molecule has 0 saturated heterocycles. The van der Waals surface area contributed by atoms with Gasteiger partial charge in [0.1, 0.15) is 16.5 Å². The first-order valence-electron chi connectivity index (χ1n) is 14.7. The molecular formula is C35H37ClN4O3S. The Balaban J connectivity index is 1.55. The summed E-state index contributed by atoms with van der Waals surface area (Å²) in [6.07, 6.45) is 3.92. The van der Waals surface area contributed by atoms with E-state index in [4.69, 9.17) is 31.0 Å². The Hall–Kier alpha value is -4.01. The summed E-state index contributed by atoms with van der Waals surface area (Å²) in [6.45, 7) is 3.78. The third-order valence-electron chi connectivity index (χ3n) is 7.39. The summed E-state index contributed by atoms with van der Waals surface area (Å²) in [5.74, 6) is 3.52. The van der Waals surface area contributed by atoms with Gasteiger partial charge in [-0.1, -0.05) is 61.9 Å². The van der Waals surface area contributed by atoms with E-state index in [0.717, 1.165) is 52.3 Å². The van der Waals surface area contributed by atoms with Crippen molar-refractivity contribution >= 4 is 40.2 Å². The van der Waals surface area contributed by atoms with Crippen LogP contribution in [-0.2, 0) is 25.5 Å². The van der Waals surface area contributed by atoms with E-state index >= 15 is 0 Å². The predicted octanol–water partition coefficient (Wildman–Crippen LogP) is 7.69. The second-order valence-electron chi connectivity index (χ2n) is 10.5. The molecule has 0 radical (unpaired) electrons. The molecule has 7 nitrogen and oxygen atoms in total. The van der Waals surface area contributed by atoms with Gasteiger partial charge < -0.3 is 18.9 Å². The molecule has 3 aromatic carbocycles. The standard InChI is InChI=1S/C35H37ClN4O3S/c1-4-5-20-44-33-32-31(18-19-39(34(32)41)22-26-8-6-25(21-36)7-9-26)37-35(38-33)40(23-27-10-14-29(42-2)15-11-27)24-28-12-16-30(43-3)17-13-28/h6-19H,4-5,20-24H2,1-3H3. The van der Waals surface area contributed by atoms with Gasteiger partial charge in [0.25, 0.3) is 5.56 Å². The van der Waals surface area contributed by atoms with Crippen molar-refractivity contribution in [2.75, 3.05) is 24.9 Å². The van der Waals surface area contributed by atoms with Crippen LogP contribution in [0.2, 0.25) is 0 Å². The Morgan fingerprint density at radius 3 is 1.91 bits per heavy atom. The van der Waals surface area contributed by atoms with Crippen LogP contribution in [0.5, 0.6) is 11.5 Å². The van der Waals surface area contributed by atoms with E-state index in [9.17, 15) is 4.79 Å². The molecule has 2 aromatic heterocycles. The molecule has 0 N–H and O–H groups in total. The molecule has 0 amide bonds. The van der Waals surface area contributed by atoms with Crippen molar-refractivity contribution < 1.29 is 9.47 Å². The lowest BCUT2D eigenvalue weighted by Crippen LogP contribution is -2.26. The van der Waals surface area contributed by atoms with Gasteiger partial charge in [-0.25, -0.2) is 9.97 Å². The topological polar surface area (TPSA) is 69.5 Å². The lowest BCUT2D eigenvalue weighted by molar-refractivity contribution is 0.414. The van der Waals surface area contributed by atoms with Crippen LogP contribution in [0.25, 0.3) is 10.9 Å². The summed E-state index contributed by atoms with van der Waals surface area (Å²) >= 11 is 7.59. The number of rotatable bonds is 14. The Bertz CT molecular complexity index is 1680. The van der Waals surface area contributed by atoms with E-state index in [2.05, 4.69) is 36.1 Å². The van der Waals surface area contributed by atoms with Crippen molar-refractivity contribution in [2.45, 2.75) is 50.3 Å². The quantitative estimate of drug-likeness (QED) is 0.0540. The van der Waals surface area contributed by atoms with Crippen LogP contribution in [0.1, 0.15) is 42.0 Å². The lowest BCUT2D eigenvalue weighted by Gasteiger charge is -2.24. The fourth-order valence-corrected chi connectivity index (χ4v) is 6.14. The highest BCUT2D eigenvalue weighted by Crippen LogP contribution is 2.28. The van der Waals surface area contributed by atoms with Gasteiger partial charge in [0.2, 0.25) is 5.95 Å². The van der Waals surface area contributed by atoms with Crippen molar-refractivity contribution in [3.63, 3.8) is 0 Å². The third-order valence-corrected chi connectivity index (χ3v) is 8.76. The molecule has 0 atom stereocenters. The molecule has 9 heteroatoms. The number of thioether (sulfide) groups is 1. The van der Waals surface area contributed by atoms with Crippen molar-refractivity contribution in [1.29, 1.82) is 0 Å². The average molecular weight is 629 g/mol. The van der Waals surface area contributed by atoms with E-state index < -0.39 is 0 Å². The summed E-state index contributed by atoms with van der Waals surface area (Å²) < 4.78 is 12.5. The number of hydrogen-bond donors (Lipinski definition) is 0. The summed E-state index contributed by atoms with van der Waals surface area (Å²) in [4.78, 5) is 26.1. The number of fused-ring (bicyclic) bond motifs is 1. The molecule has 0 aliphatic heterocycles. The zero-order chi connectivity index (χ0) is 30.9. The first-order chi connectivity index (χ1) is 21.5. The molecule has 0 fully saturated rings. The molecule has 0 spiro atoms. The van der Waals surface area contributed by atoms with E-state index in [1.54, 1.807) is 30.5 Å². The van der Waals surface area contributed by atoms with Crippen molar-refractivity contribution in [1.82, 2.24) is 14.5 Å². The number of ether oxygens (including phenoxy) is 2. The largest absolute Gasteiger partial charge is 0.497 e. The number of unbranched alkanes of at least 4 members (excludes halogenated alkanes) is 1. The minimum Gasteiger partial charge on any atom is -0.497 e. The fraction of sp³-hybridized carbons (Fsp3) is 0.286. The van der Waals surface area contributed by atoms with E-state index in [1.165, 1.54) is 0 Å². The monoisotopic (exact) mass is 628 g/mol. The average Bonchev–Trinajstić information content (AvgIpc) is 3.06. The highest BCUT2D eigenvalue weighted by molar-refractivity contribution is 7.99. The number of methoxy groups -OCH3 is 2. The van der Waals surface area contributed by atoms with Gasteiger partial charge in [-0.15, -0.1) is 23.4 Å². The summed E-state index contributed by atoms with van der Waals surface area (Å²) in [5, 5.41) is 1.27. The maximum atomic E-state index is 13.9.